The van der Waals surface area contributed by atoms with Gasteiger partial charge in [0.25, 0.3) is 0 Å². The minimum atomic E-state index is -1.90. The highest BCUT2D eigenvalue weighted by Crippen LogP contribution is 2.35. The van der Waals surface area contributed by atoms with Crippen LogP contribution in [0.15, 0.2) is 35.0 Å². The minimum absolute atomic E-state index is 0.00694. The first kappa shape index (κ1) is 17.6. The Kier molecular flexibility index (Phi) is 5.36. The first-order valence-corrected chi connectivity index (χ1v) is 9.72. The Balaban J connectivity index is 0.000000159. The van der Waals surface area contributed by atoms with Crippen LogP contribution in [0.1, 0.15) is 22.6 Å². The molecule has 1 atom stereocenters. The number of nitrogens with zero attached hydrogens (tertiary/aromatic N) is 1. The molecule has 24 heavy (non-hydrogen) atoms. The molecular formula is C17H21NO4S2. The minimum Gasteiger partial charge on any atom is -0.479 e. The van der Waals surface area contributed by atoms with Crippen molar-refractivity contribution in [1.82, 2.24) is 4.90 Å². The molecule has 5 rings (SSSR count). The van der Waals surface area contributed by atoms with Crippen LogP contribution in [0, 0.1) is 5.92 Å². The lowest BCUT2D eigenvalue weighted by atomic mass is 9.86. The van der Waals surface area contributed by atoms with Crippen molar-refractivity contribution in [3.8, 4) is 0 Å². The van der Waals surface area contributed by atoms with Gasteiger partial charge in [-0.1, -0.05) is 12.1 Å². The van der Waals surface area contributed by atoms with Crippen molar-refractivity contribution in [1.29, 1.82) is 0 Å². The maximum Gasteiger partial charge on any atom is 0.346 e. The largest absolute Gasteiger partial charge is 0.479 e. The van der Waals surface area contributed by atoms with Gasteiger partial charge < -0.3 is 20.2 Å². The van der Waals surface area contributed by atoms with Gasteiger partial charge in [0, 0.05) is 6.54 Å². The highest BCUT2D eigenvalue weighted by atomic mass is 32.1. The van der Waals surface area contributed by atoms with Crippen molar-refractivity contribution in [3.63, 3.8) is 0 Å². The zero-order chi connectivity index (χ0) is 17.2. The fourth-order valence-corrected chi connectivity index (χ4v) is 4.96. The van der Waals surface area contributed by atoms with Gasteiger partial charge in [0.15, 0.2) is 0 Å². The van der Waals surface area contributed by atoms with Crippen molar-refractivity contribution < 1.29 is 20.1 Å². The number of carboxylic acid groups (broad SMARTS) is 1. The lowest BCUT2D eigenvalue weighted by Gasteiger charge is -2.42. The number of piperidine rings is 3. The molecule has 2 bridgehead atoms. The molecule has 3 N–H and O–H groups in total. The van der Waals surface area contributed by atoms with Crippen LogP contribution in [0.3, 0.4) is 0 Å². The number of hydrogen-bond acceptors (Lipinski definition) is 6. The predicted molar refractivity (Wildman–Crippen MR) is 94.4 cm³/mol. The summed E-state index contributed by atoms with van der Waals surface area (Å²) in [5, 5.41) is 32.2. The van der Waals surface area contributed by atoms with E-state index < -0.39 is 11.6 Å². The molecule has 3 fully saturated rings. The highest BCUT2D eigenvalue weighted by Gasteiger charge is 2.42. The summed E-state index contributed by atoms with van der Waals surface area (Å²) < 4.78 is 0. The number of aliphatic hydroxyl groups excluding tert-OH is 1. The molecule has 2 aromatic rings. The Labute approximate surface area is 148 Å². The monoisotopic (exact) mass is 367 g/mol. The Hall–Kier alpha value is -1.25. The second-order valence-electron chi connectivity index (χ2n) is 6.18. The number of aliphatic hydroxyl groups is 2. The third kappa shape index (κ3) is 3.41. The number of rotatable bonds is 3. The molecule has 0 spiro atoms. The quantitative estimate of drug-likeness (QED) is 0.775. The number of fused-ring (bicyclic) bond motifs is 3. The molecule has 7 heteroatoms. The summed E-state index contributed by atoms with van der Waals surface area (Å²) in [5.41, 5.74) is -1.90. The molecule has 5 nitrogen and oxygen atoms in total. The molecule has 1 unspecified atom stereocenters. The zero-order valence-electron chi connectivity index (χ0n) is 13.2. The Bertz CT molecular complexity index is 614. The number of thiophene rings is 2. The maximum atomic E-state index is 11.2. The SMILES string of the molecule is O=C(O)C(O)(c1cccs1)c1cccs1.OC1CN2CCC1CC2. The molecule has 5 heterocycles. The number of carboxylic acids is 1. The van der Waals surface area contributed by atoms with E-state index in [1.807, 2.05) is 0 Å². The topological polar surface area (TPSA) is 81.0 Å². The second kappa shape index (κ2) is 7.33. The van der Waals surface area contributed by atoms with E-state index in [0.717, 1.165) is 6.54 Å². The fourth-order valence-electron chi connectivity index (χ4n) is 3.23. The molecule has 3 aliphatic heterocycles. The van der Waals surface area contributed by atoms with Crippen LogP contribution in [-0.4, -0.2) is 51.9 Å². The third-order valence-corrected chi connectivity index (χ3v) is 6.64. The Morgan fingerprint density at radius 2 is 1.67 bits per heavy atom. The lowest BCUT2D eigenvalue weighted by molar-refractivity contribution is -0.154. The maximum absolute atomic E-state index is 11.2. The van der Waals surface area contributed by atoms with E-state index in [-0.39, 0.29) is 6.10 Å². The summed E-state index contributed by atoms with van der Waals surface area (Å²) in [5.74, 6) is -0.609. The van der Waals surface area contributed by atoms with Gasteiger partial charge in [0.2, 0.25) is 5.60 Å². The van der Waals surface area contributed by atoms with Gasteiger partial charge in [-0.05, 0) is 54.7 Å². The van der Waals surface area contributed by atoms with Gasteiger partial charge >= 0.3 is 5.97 Å². The van der Waals surface area contributed by atoms with E-state index in [1.165, 1.54) is 48.6 Å². The van der Waals surface area contributed by atoms with Crippen LogP contribution in [-0.2, 0) is 10.4 Å². The molecule has 3 saturated heterocycles. The molecule has 0 aliphatic carbocycles. The molecule has 130 valence electrons. The van der Waals surface area contributed by atoms with Crippen molar-refractivity contribution in [3.05, 3.63) is 44.8 Å². The number of aliphatic carboxylic acids is 1. The molecule has 2 aromatic heterocycles. The molecule has 0 amide bonds. The molecule has 0 radical (unpaired) electrons. The van der Waals surface area contributed by atoms with E-state index in [4.69, 9.17) is 5.11 Å². The van der Waals surface area contributed by atoms with Crippen LogP contribution < -0.4 is 0 Å². The van der Waals surface area contributed by atoms with Crippen molar-refractivity contribution in [2.24, 2.45) is 5.92 Å². The smallest absolute Gasteiger partial charge is 0.346 e. The van der Waals surface area contributed by atoms with Crippen LogP contribution >= 0.6 is 22.7 Å². The Morgan fingerprint density at radius 1 is 1.12 bits per heavy atom. The van der Waals surface area contributed by atoms with E-state index in [2.05, 4.69) is 4.90 Å². The molecule has 0 saturated carbocycles. The van der Waals surface area contributed by atoms with Gasteiger partial charge in [-0.25, -0.2) is 4.79 Å². The van der Waals surface area contributed by atoms with E-state index >= 15 is 0 Å². The zero-order valence-corrected chi connectivity index (χ0v) is 14.8. The third-order valence-electron chi connectivity index (χ3n) is 4.69. The average molecular weight is 367 g/mol. The summed E-state index contributed by atoms with van der Waals surface area (Å²) in [4.78, 5) is 14.4. The van der Waals surface area contributed by atoms with Gasteiger partial charge in [-0.2, -0.15) is 0 Å². The molecule has 3 aliphatic rings. The standard InChI is InChI=1S/C10H8O3S2.C7H13NO/c11-9(12)10(13,7-3-1-5-14-7)8-4-2-6-15-8;9-7-5-8-3-1-6(7)2-4-8/h1-6,13H,(H,11,12);6-7,9H,1-5H2. The number of hydrogen-bond donors (Lipinski definition) is 3. The highest BCUT2D eigenvalue weighted by molar-refractivity contribution is 7.12. The van der Waals surface area contributed by atoms with Gasteiger partial charge in [-0.3, -0.25) is 0 Å². The summed E-state index contributed by atoms with van der Waals surface area (Å²) in [6.45, 7) is 3.38. The van der Waals surface area contributed by atoms with Gasteiger partial charge in [-0.15, -0.1) is 22.7 Å². The lowest BCUT2D eigenvalue weighted by Crippen LogP contribution is -2.50. The molecular weight excluding hydrogens is 346 g/mol. The summed E-state index contributed by atoms with van der Waals surface area (Å²) >= 11 is 2.46. The second-order valence-corrected chi connectivity index (χ2v) is 8.07. The summed E-state index contributed by atoms with van der Waals surface area (Å²) in [6.07, 6.45) is 2.44. The van der Waals surface area contributed by atoms with E-state index in [0.29, 0.717) is 15.7 Å². The molecule has 0 aromatic carbocycles. The first-order chi connectivity index (χ1) is 11.5. The van der Waals surface area contributed by atoms with Crippen LogP contribution in [0.4, 0.5) is 0 Å². The number of carbonyl (C=O) groups is 1. The fraction of sp³-hybridized carbons (Fsp3) is 0.471. The van der Waals surface area contributed by atoms with Crippen molar-refractivity contribution in [2.45, 2.75) is 24.5 Å². The first-order valence-electron chi connectivity index (χ1n) is 7.96. The summed E-state index contributed by atoms with van der Waals surface area (Å²) in [7, 11) is 0. The van der Waals surface area contributed by atoms with Crippen LogP contribution in [0.2, 0.25) is 0 Å². The normalized spacial score (nSPS) is 25.8. The van der Waals surface area contributed by atoms with Crippen molar-refractivity contribution >= 4 is 28.6 Å². The van der Waals surface area contributed by atoms with Gasteiger partial charge in [0.1, 0.15) is 0 Å². The van der Waals surface area contributed by atoms with Crippen molar-refractivity contribution in [2.75, 3.05) is 19.6 Å². The van der Waals surface area contributed by atoms with Gasteiger partial charge in [0.05, 0.1) is 15.9 Å². The van der Waals surface area contributed by atoms with Crippen LogP contribution in [0.25, 0.3) is 0 Å². The summed E-state index contributed by atoms with van der Waals surface area (Å²) in [6, 6.07) is 6.69. The predicted octanol–water partition coefficient (Wildman–Crippen LogP) is 2.20. The van der Waals surface area contributed by atoms with E-state index in [1.54, 1.807) is 35.0 Å². The Morgan fingerprint density at radius 3 is 1.92 bits per heavy atom. The van der Waals surface area contributed by atoms with E-state index in [9.17, 15) is 15.0 Å². The average Bonchev–Trinajstić information content (AvgIpc) is 3.29. The van der Waals surface area contributed by atoms with Crippen LogP contribution in [0.5, 0.6) is 0 Å².